The zero-order valence-corrected chi connectivity index (χ0v) is 19.3. The number of amides is 2. The number of fused-ring (bicyclic) bond motifs is 1. The largest absolute Gasteiger partial charge is 0.374 e. The molecule has 0 bridgehead atoms. The van der Waals surface area contributed by atoms with E-state index in [-0.39, 0.29) is 11.7 Å². The number of halogens is 1. The van der Waals surface area contributed by atoms with Crippen molar-refractivity contribution in [1.82, 2.24) is 15.1 Å². The van der Waals surface area contributed by atoms with Crippen LogP contribution in [-0.4, -0.2) is 75.0 Å². The number of aryl methyl sites for hydroxylation is 1. The first-order chi connectivity index (χ1) is 15.9. The number of piperazine rings is 1. The van der Waals surface area contributed by atoms with Gasteiger partial charge in [-0.25, -0.2) is 4.39 Å². The van der Waals surface area contributed by atoms with E-state index in [9.17, 15) is 14.0 Å². The Morgan fingerprint density at radius 3 is 2.55 bits per heavy atom. The minimum Gasteiger partial charge on any atom is -0.374 e. The topological polar surface area (TPSA) is 67.9 Å². The number of hydrogen-bond donors (Lipinski definition) is 2. The second-order valence-corrected chi connectivity index (χ2v) is 8.94. The standard InChI is InChI=1S/C25H32FN5O2/c1-29-11-13-31(14-12-29)23(19-8-9-22-18(15-19)5-4-10-30(22)2)17-27-24(32)25(33)28-21-7-3-6-20(26)16-21/h3,6-9,15-16,23H,4-5,10-14,17H2,1-2H3,(H,27,32)(H,28,33)/t23-/m1/s1. The van der Waals surface area contributed by atoms with Gasteiger partial charge in [-0.1, -0.05) is 18.2 Å². The maximum Gasteiger partial charge on any atom is 0.313 e. The summed E-state index contributed by atoms with van der Waals surface area (Å²) in [5.74, 6) is -2.00. The number of anilines is 2. The minimum atomic E-state index is -0.801. The van der Waals surface area contributed by atoms with Gasteiger partial charge >= 0.3 is 11.8 Å². The fourth-order valence-corrected chi connectivity index (χ4v) is 4.63. The molecule has 1 atom stereocenters. The summed E-state index contributed by atoms with van der Waals surface area (Å²) in [5, 5.41) is 5.26. The van der Waals surface area contributed by atoms with Crippen LogP contribution in [0.25, 0.3) is 0 Å². The van der Waals surface area contributed by atoms with Gasteiger partial charge in [0.25, 0.3) is 0 Å². The highest BCUT2D eigenvalue weighted by Crippen LogP contribution is 2.31. The number of rotatable bonds is 5. The van der Waals surface area contributed by atoms with Crippen LogP contribution < -0.4 is 15.5 Å². The lowest BCUT2D eigenvalue weighted by molar-refractivity contribution is -0.136. The molecule has 2 amide bonds. The molecule has 0 aromatic heterocycles. The van der Waals surface area contributed by atoms with Crippen molar-refractivity contribution >= 4 is 23.2 Å². The second kappa shape index (κ2) is 10.3. The Labute approximate surface area is 194 Å². The van der Waals surface area contributed by atoms with Crippen molar-refractivity contribution in [2.24, 2.45) is 0 Å². The molecule has 4 rings (SSSR count). The lowest BCUT2D eigenvalue weighted by Crippen LogP contribution is -2.49. The van der Waals surface area contributed by atoms with Crippen LogP contribution in [0.3, 0.4) is 0 Å². The van der Waals surface area contributed by atoms with E-state index in [0.717, 1.165) is 51.1 Å². The van der Waals surface area contributed by atoms with Gasteiger partial charge in [0.05, 0.1) is 6.04 Å². The van der Waals surface area contributed by atoms with Crippen LogP contribution in [0.5, 0.6) is 0 Å². The Bertz CT molecular complexity index is 1010. The highest BCUT2D eigenvalue weighted by molar-refractivity contribution is 6.39. The van der Waals surface area contributed by atoms with Crippen molar-refractivity contribution in [3.8, 4) is 0 Å². The predicted molar refractivity (Wildman–Crippen MR) is 128 cm³/mol. The van der Waals surface area contributed by atoms with E-state index < -0.39 is 17.6 Å². The summed E-state index contributed by atoms with van der Waals surface area (Å²) in [4.78, 5) is 31.8. The molecule has 2 N–H and O–H groups in total. The van der Waals surface area contributed by atoms with Gasteiger partial charge in [0.2, 0.25) is 0 Å². The Balaban J connectivity index is 1.47. The van der Waals surface area contributed by atoms with E-state index in [4.69, 9.17) is 0 Å². The highest BCUT2D eigenvalue weighted by Gasteiger charge is 2.27. The molecule has 0 saturated carbocycles. The van der Waals surface area contributed by atoms with Gasteiger partial charge in [-0.2, -0.15) is 0 Å². The summed E-state index contributed by atoms with van der Waals surface area (Å²) in [5.41, 5.74) is 4.00. The molecule has 2 aliphatic rings. The van der Waals surface area contributed by atoms with Crippen molar-refractivity contribution in [1.29, 1.82) is 0 Å². The van der Waals surface area contributed by atoms with Crippen LogP contribution in [0.15, 0.2) is 42.5 Å². The summed E-state index contributed by atoms with van der Waals surface area (Å²) in [6, 6.07) is 12.0. The number of carbonyl (C=O) groups excluding carboxylic acids is 2. The summed E-state index contributed by atoms with van der Waals surface area (Å²) in [7, 11) is 4.23. The second-order valence-electron chi connectivity index (χ2n) is 8.94. The van der Waals surface area contributed by atoms with E-state index in [2.05, 4.69) is 57.6 Å². The van der Waals surface area contributed by atoms with E-state index in [1.165, 1.54) is 29.4 Å². The molecule has 2 heterocycles. The highest BCUT2D eigenvalue weighted by atomic mass is 19.1. The fraction of sp³-hybridized carbons (Fsp3) is 0.440. The summed E-state index contributed by atoms with van der Waals surface area (Å²) < 4.78 is 13.4. The van der Waals surface area contributed by atoms with Gasteiger partial charge in [0.1, 0.15) is 5.82 Å². The Kier molecular flexibility index (Phi) is 7.25. The van der Waals surface area contributed by atoms with Crippen LogP contribution in [-0.2, 0) is 16.0 Å². The third-order valence-electron chi connectivity index (χ3n) is 6.56. The van der Waals surface area contributed by atoms with Crippen LogP contribution in [0.1, 0.15) is 23.6 Å². The van der Waals surface area contributed by atoms with Crippen molar-refractivity contribution < 1.29 is 14.0 Å². The number of carbonyl (C=O) groups is 2. The third kappa shape index (κ3) is 5.69. The normalized spacial score (nSPS) is 17.8. The lowest BCUT2D eigenvalue weighted by Gasteiger charge is -2.39. The van der Waals surface area contributed by atoms with Gasteiger partial charge < -0.3 is 20.4 Å². The summed E-state index contributed by atoms with van der Waals surface area (Å²) >= 11 is 0. The number of likely N-dealkylation sites (N-methyl/N-ethyl adjacent to an activating group) is 1. The third-order valence-corrected chi connectivity index (χ3v) is 6.56. The van der Waals surface area contributed by atoms with Crippen molar-refractivity contribution in [3.63, 3.8) is 0 Å². The molecule has 0 aliphatic carbocycles. The molecule has 1 fully saturated rings. The Morgan fingerprint density at radius 2 is 1.79 bits per heavy atom. The van der Waals surface area contributed by atoms with Crippen molar-refractivity contribution in [2.75, 3.05) is 63.6 Å². The molecular formula is C25H32FN5O2. The molecule has 1 saturated heterocycles. The minimum absolute atomic E-state index is 0.0258. The predicted octanol–water partition coefficient (Wildman–Crippen LogP) is 2.25. The van der Waals surface area contributed by atoms with Crippen molar-refractivity contribution in [2.45, 2.75) is 18.9 Å². The first kappa shape index (κ1) is 23.2. The molecule has 2 aliphatic heterocycles. The van der Waals surface area contributed by atoms with E-state index in [0.29, 0.717) is 6.54 Å². The first-order valence-corrected chi connectivity index (χ1v) is 11.5. The first-order valence-electron chi connectivity index (χ1n) is 11.5. The lowest BCUT2D eigenvalue weighted by atomic mass is 9.95. The Morgan fingerprint density at radius 1 is 1.00 bits per heavy atom. The quantitative estimate of drug-likeness (QED) is 0.680. The van der Waals surface area contributed by atoms with Gasteiger partial charge in [-0.05, 0) is 55.3 Å². The number of nitrogens with one attached hydrogen (secondary N) is 2. The number of benzene rings is 2. The molecule has 2 aromatic carbocycles. The maximum atomic E-state index is 13.4. The van der Waals surface area contributed by atoms with Crippen molar-refractivity contribution in [3.05, 3.63) is 59.4 Å². The Hall–Kier alpha value is -2.97. The molecule has 33 heavy (non-hydrogen) atoms. The van der Waals surface area contributed by atoms with Crippen LogP contribution in [0, 0.1) is 5.82 Å². The summed E-state index contributed by atoms with van der Waals surface area (Å²) in [6.07, 6.45) is 2.18. The van der Waals surface area contributed by atoms with Gasteiger partial charge in [-0.3, -0.25) is 14.5 Å². The van der Waals surface area contributed by atoms with E-state index >= 15 is 0 Å². The monoisotopic (exact) mass is 453 g/mol. The molecular weight excluding hydrogens is 421 g/mol. The SMILES string of the molecule is CN1CCN([C@H](CNC(=O)C(=O)Nc2cccc(F)c2)c2ccc3c(c2)CCCN3C)CC1. The maximum absolute atomic E-state index is 13.4. The molecule has 0 spiro atoms. The molecule has 0 radical (unpaired) electrons. The van der Waals surface area contributed by atoms with Gasteiger partial charge in [0.15, 0.2) is 0 Å². The van der Waals surface area contributed by atoms with Crippen LogP contribution in [0.2, 0.25) is 0 Å². The van der Waals surface area contributed by atoms with Crippen LogP contribution in [0.4, 0.5) is 15.8 Å². The fourth-order valence-electron chi connectivity index (χ4n) is 4.63. The molecule has 8 heteroatoms. The zero-order valence-electron chi connectivity index (χ0n) is 19.3. The average molecular weight is 454 g/mol. The van der Waals surface area contributed by atoms with Gasteiger partial charge in [-0.15, -0.1) is 0 Å². The molecule has 2 aromatic rings. The van der Waals surface area contributed by atoms with Crippen LogP contribution >= 0.6 is 0 Å². The van der Waals surface area contributed by atoms with E-state index in [1.807, 2.05) is 0 Å². The van der Waals surface area contributed by atoms with E-state index in [1.54, 1.807) is 6.07 Å². The smallest absolute Gasteiger partial charge is 0.313 e. The number of nitrogens with zero attached hydrogens (tertiary/aromatic N) is 3. The molecule has 7 nitrogen and oxygen atoms in total. The molecule has 0 unspecified atom stereocenters. The average Bonchev–Trinajstić information content (AvgIpc) is 2.80. The molecule has 176 valence electrons. The zero-order chi connectivity index (χ0) is 23.4. The summed E-state index contributed by atoms with van der Waals surface area (Å²) in [6.45, 7) is 5.09. The number of hydrogen-bond acceptors (Lipinski definition) is 5. The van der Waals surface area contributed by atoms with Gasteiger partial charge in [0, 0.05) is 57.7 Å².